The molecule has 0 aliphatic carbocycles. The number of fused-ring (bicyclic) bond motifs is 1. The molecule has 0 aliphatic rings. The first kappa shape index (κ1) is 17.6. The highest BCUT2D eigenvalue weighted by atomic mass is 16.5. The van der Waals surface area contributed by atoms with Crippen molar-refractivity contribution < 1.29 is 9.53 Å². The number of Topliss-reactive ketones (excluding diaryl/α,β-unsaturated/α-hetero) is 1. The molecule has 0 radical (unpaired) electrons. The van der Waals surface area contributed by atoms with Crippen LogP contribution in [0.4, 0.5) is 11.5 Å². The van der Waals surface area contributed by atoms with Crippen molar-refractivity contribution in [2.75, 3.05) is 12.4 Å². The van der Waals surface area contributed by atoms with Crippen LogP contribution in [-0.4, -0.2) is 27.8 Å². The van der Waals surface area contributed by atoms with Crippen molar-refractivity contribution in [2.24, 2.45) is 0 Å². The predicted molar refractivity (Wildman–Crippen MR) is 109 cm³/mol. The number of nitrogens with one attached hydrogen (secondary N) is 1. The summed E-state index contributed by atoms with van der Waals surface area (Å²) in [5, 5.41) is 4.11. The van der Waals surface area contributed by atoms with Crippen LogP contribution in [0.1, 0.15) is 17.3 Å². The van der Waals surface area contributed by atoms with Gasteiger partial charge in [-0.05, 0) is 49.4 Å². The number of para-hydroxylation sites is 1. The van der Waals surface area contributed by atoms with E-state index in [4.69, 9.17) is 9.72 Å². The summed E-state index contributed by atoms with van der Waals surface area (Å²) in [6.07, 6.45) is 3.43. The number of carbonyl (C=O) groups excluding carboxylic acids is 1. The molecule has 1 N–H and O–H groups in total. The fraction of sp³-hybridized carbons (Fsp3) is 0.0909. The van der Waals surface area contributed by atoms with Gasteiger partial charge in [-0.15, -0.1) is 0 Å². The van der Waals surface area contributed by atoms with Crippen LogP contribution in [0.5, 0.6) is 5.75 Å². The molecule has 2 heterocycles. The molecule has 0 amide bonds. The number of pyridine rings is 1. The summed E-state index contributed by atoms with van der Waals surface area (Å²) in [5.74, 6) is 1.82. The average molecular weight is 370 g/mol. The van der Waals surface area contributed by atoms with Gasteiger partial charge < -0.3 is 10.1 Å². The molecular weight excluding hydrogens is 352 g/mol. The molecule has 6 nitrogen and oxygen atoms in total. The van der Waals surface area contributed by atoms with Crippen molar-refractivity contribution in [3.63, 3.8) is 0 Å². The maximum Gasteiger partial charge on any atom is 0.163 e. The second-order valence-electron chi connectivity index (χ2n) is 6.25. The molecule has 0 unspecified atom stereocenters. The summed E-state index contributed by atoms with van der Waals surface area (Å²) in [5.41, 5.74) is 2.86. The number of aromatic nitrogens is 3. The van der Waals surface area contributed by atoms with Gasteiger partial charge in [-0.1, -0.05) is 12.1 Å². The Morgan fingerprint density at radius 1 is 1.04 bits per heavy atom. The van der Waals surface area contributed by atoms with Gasteiger partial charge in [0.15, 0.2) is 11.6 Å². The summed E-state index contributed by atoms with van der Waals surface area (Å²) < 4.78 is 5.36. The maximum absolute atomic E-state index is 12.0. The van der Waals surface area contributed by atoms with Crippen molar-refractivity contribution in [3.05, 3.63) is 72.6 Å². The Labute approximate surface area is 162 Å². The summed E-state index contributed by atoms with van der Waals surface area (Å²) in [6, 6.07) is 16.7. The first-order valence-electron chi connectivity index (χ1n) is 8.79. The number of rotatable bonds is 5. The third-order valence-electron chi connectivity index (χ3n) is 4.38. The van der Waals surface area contributed by atoms with Crippen molar-refractivity contribution in [1.29, 1.82) is 0 Å². The SMILES string of the molecule is COc1ccc2nc(-c3cccnc3)nc(Nc3ccccc3C(C)=O)c2c1. The number of anilines is 2. The van der Waals surface area contributed by atoms with Gasteiger partial charge in [0.2, 0.25) is 0 Å². The van der Waals surface area contributed by atoms with Gasteiger partial charge in [-0.3, -0.25) is 9.78 Å². The van der Waals surface area contributed by atoms with E-state index in [0.29, 0.717) is 28.6 Å². The first-order chi connectivity index (χ1) is 13.7. The highest BCUT2D eigenvalue weighted by Crippen LogP contribution is 2.31. The van der Waals surface area contributed by atoms with Gasteiger partial charge >= 0.3 is 0 Å². The monoisotopic (exact) mass is 370 g/mol. The van der Waals surface area contributed by atoms with Crippen LogP contribution in [0.3, 0.4) is 0 Å². The minimum absolute atomic E-state index is 0.0217. The Bertz CT molecular complexity index is 1160. The molecular formula is C22H18N4O2. The van der Waals surface area contributed by atoms with E-state index >= 15 is 0 Å². The topological polar surface area (TPSA) is 77.0 Å². The molecule has 0 saturated carbocycles. The number of methoxy groups -OCH3 is 1. The molecule has 4 aromatic rings. The number of hydrogen-bond donors (Lipinski definition) is 1. The lowest BCUT2D eigenvalue weighted by atomic mass is 10.1. The number of ketones is 1. The molecule has 0 spiro atoms. The van der Waals surface area contributed by atoms with Crippen LogP contribution >= 0.6 is 0 Å². The average Bonchev–Trinajstić information content (AvgIpc) is 2.74. The number of carbonyl (C=O) groups is 1. The molecule has 6 heteroatoms. The normalized spacial score (nSPS) is 10.6. The molecule has 2 aromatic heterocycles. The van der Waals surface area contributed by atoms with Crippen LogP contribution in [0.15, 0.2) is 67.0 Å². The summed E-state index contributed by atoms with van der Waals surface area (Å²) in [7, 11) is 1.62. The molecule has 0 fully saturated rings. The van der Waals surface area contributed by atoms with Gasteiger partial charge in [0.1, 0.15) is 11.6 Å². The number of ether oxygens (including phenoxy) is 1. The largest absolute Gasteiger partial charge is 0.497 e. The first-order valence-corrected chi connectivity index (χ1v) is 8.79. The van der Waals surface area contributed by atoms with E-state index in [2.05, 4.69) is 15.3 Å². The third kappa shape index (κ3) is 3.40. The van der Waals surface area contributed by atoms with Crippen LogP contribution in [0, 0.1) is 0 Å². The highest BCUT2D eigenvalue weighted by molar-refractivity contribution is 6.01. The van der Waals surface area contributed by atoms with Gasteiger partial charge in [-0.2, -0.15) is 0 Å². The van der Waals surface area contributed by atoms with E-state index in [-0.39, 0.29) is 5.78 Å². The molecule has 0 saturated heterocycles. The van der Waals surface area contributed by atoms with E-state index in [1.165, 1.54) is 0 Å². The Morgan fingerprint density at radius 3 is 2.64 bits per heavy atom. The van der Waals surface area contributed by atoms with Gasteiger partial charge in [0, 0.05) is 28.9 Å². The summed E-state index contributed by atoms with van der Waals surface area (Å²) >= 11 is 0. The molecule has 138 valence electrons. The van der Waals surface area contributed by atoms with Crippen LogP contribution in [-0.2, 0) is 0 Å². The van der Waals surface area contributed by atoms with E-state index in [9.17, 15) is 4.79 Å². The molecule has 0 bridgehead atoms. The zero-order valence-corrected chi connectivity index (χ0v) is 15.5. The minimum Gasteiger partial charge on any atom is -0.497 e. The van der Waals surface area contributed by atoms with Crippen molar-refractivity contribution in [1.82, 2.24) is 15.0 Å². The fourth-order valence-electron chi connectivity index (χ4n) is 2.98. The van der Waals surface area contributed by atoms with Crippen LogP contribution in [0.2, 0.25) is 0 Å². The zero-order valence-electron chi connectivity index (χ0n) is 15.5. The van der Waals surface area contributed by atoms with Crippen molar-refractivity contribution in [2.45, 2.75) is 6.92 Å². The Balaban J connectivity index is 1.91. The second kappa shape index (κ2) is 7.44. The molecule has 0 atom stereocenters. The quantitative estimate of drug-likeness (QED) is 0.516. The Hall–Kier alpha value is -3.80. The predicted octanol–water partition coefficient (Wildman–Crippen LogP) is 4.65. The maximum atomic E-state index is 12.0. The van der Waals surface area contributed by atoms with E-state index in [0.717, 1.165) is 16.5 Å². The second-order valence-corrected chi connectivity index (χ2v) is 6.25. The van der Waals surface area contributed by atoms with Gasteiger partial charge in [0.05, 0.1) is 18.3 Å². The number of benzene rings is 2. The summed E-state index contributed by atoms with van der Waals surface area (Å²) in [6.45, 7) is 1.54. The molecule has 0 aliphatic heterocycles. The summed E-state index contributed by atoms with van der Waals surface area (Å²) in [4.78, 5) is 25.5. The van der Waals surface area contributed by atoms with E-state index in [1.807, 2.05) is 48.5 Å². The number of hydrogen-bond acceptors (Lipinski definition) is 6. The molecule has 4 rings (SSSR count). The highest BCUT2D eigenvalue weighted by Gasteiger charge is 2.13. The van der Waals surface area contributed by atoms with Crippen LogP contribution < -0.4 is 10.1 Å². The Kier molecular flexibility index (Phi) is 4.68. The van der Waals surface area contributed by atoms with Gasteiger partial charge in [0.25, 0.3) is 0 Å². The van der Waals surface area contributed by atoms with Crippen molar-refractivity contribution in [3.8, 4) is 17.1 Å². The fourth-order valence-corrected chi connectivity index (χ4v) is 2.98. The van der Waals surface area contributed by atoms with Gasteiger partial charge in [-0.25, -0.2) is 9.97 Å². The smallest absolute Gasteiger partial charge is 0.163 e. The standard InChI is InChI=1S/C22H18N4O2/c1-14(27)17-7-3-4-8-19(17)25-22-18-12-16(28-2)9-10-20(18)24-21(26-22)15-6-5-11-23-13-15/h3-13H,1-2H3,(H,24,25,26). The minimum atomic E-state index is -0.0217. The molecule has 28 heavy (non-hydrogen) atoms. The lowest BCUT2D eigenvalue weighted by molar-refractivity contribution is 0.101. The molecule has 2 aromatic carbocycles. The lowest BCUT2D eigenvalue weighted by Crippen LogP contribution is -2.04. The Morgan fingerprint density at radius 2 is 1.89 bits per heavy atom. The van der Waals surface area contributed by atoms with E-state index < -0.39 is 0 Å². The van der Waals surface area contributed by atoms with Crippen LogP contribution in [0.25, 0.3) is 22.3 Å². The lowest BCUT2D eigenvalue weighted by Gasteiger charge is -2.14. The van der Waals surface area contributed by atoms with E-state index in [1.54, 1.807) is 32.5 Å². The van der Waals surface area contributed by atoms with Crippen molar-refractivity contribution >= 4 is 28.2 Å². The number of nitrogens with zero attached hydrogens (tertiary/aromatic N) is 3. The third-order valence-corrected chi connectivity index (χ3v) is 4.38. The zero-order chi connectivity index (χ0) is 19.5.